The summed E-state index contributed by atoms with van der Waals surface area (Å²) in [6, 6.07) is 7.29. The minimum atomic E-state index is 0.170. The highest BCUT2D eigenvalue weighted by Gasteiger charge is 2.33. The number of anilines is 1. The lowest BCUT2D eigenvalue weighted by Crippen LogP contribution is -2.44. The monoisotopic (exact) mass is 258 g/mol. The van der Waals surface area contributed by atoms with Crippen molar-refractivity contribution in [1.82, 2.24) is 4.90 Å². The van der Waals surface area contributed by atoms with E-state index >= 15 is 0 Å². The van der Waals surface area contributed by atoms with E-state index in [1.807, 2.05) is 17.0 Å². The molecular formula is C16H22N2O. The lowest BCUT2D eigenvalue weighted by molar-refractivity contribution is 0.0521. The number of rotatable bonds is 1. The maximum absolute atomic E-state index is 12.5. The molecule has 1 aromatic carbocycles. The van der Waals surface area contributed by atoms with E-state index in [-0.39, 0.29) is 5.91 Å². The molecule has 0 spiro atoms. The summed E-state index contributed by atoms with van der Waals surface area (Å²) in [6.45, 7) is 1.87. The Morgan fingerprint density at radius 2 is 1.74 bits per heavy atom. The molecule has 3 rings (SSSR count). The van der Waals surface area contributed by atoms with Gasteiger partial charge in [-0.3, -0.25) is 4.79 Å². The van der Waals surface area contributed by atoms with Gasteiger partial charge in [-0.2, -0.15) is 0 Å². The maximum atomic E-state index is 12.5. The lowest BCUT2D eigenvalue weighted by Gasteiger charge is -2.41. The number of hydrogen-bond acceptors (Lipinski definition) is 2. The molecular weight excluding hydrogens is 236 g/mol. The highest BCUT2D eigenvalue weighted by atomic mass is 16.2. The van der Waals surface area contributed by atoms with Crippen LogP contribution in [0.5, 0.6) is 0 Å². The van der Waals surface area contributed by atoms with Crippen molar-refractivity contribution < 1.29 is 4.79 Å². The minimum Gasteiger partial charge on any atom is -0.399 e. The molecule has 19 heavy (non-hydrogen) atoms. The Kier molecular flexibility index (Phi) is 3.45. The molecule has 1 saturated carbocycles. The summed E-state index contributed by atoms with van der Waals surface area (Å²) < 4.78 is 0. The number of fused-ring (bicyclic) bond motifs is 1. The van der Waals surface area contributed by atoms with Crippen LogP contribution >= 0.6 is 0 Å². The Balaban J connectivity index is 1.69. The van der Waals surface area contributed by atoms with E-state index in [9.17, 15) is 4.79 Å². The highest BCUT2D eigenvalue weighted by Crippen LogP contribution is 2.36. The van der Waals surface area contributed by atoms with Gasteiger partial charge in [-0.15, -0.1) is 0 Å². The molecule has 0 radical (unpaired) electrons. The van der Waals surface area contributed by atoms with E-state index in [4.69, 9.17) is 5.73 Å². The number of amides is 1. The first kappa shape index (κ1) is 12.5. The molecule has 3 nitrogen and oxygen atoms in total. The summed E-state index contributed by atoms with van der Waals surface area (Å²) >= 11 is 0. The van der Waals surface area contributed by atoms with Gasteiger partial charge in [0, 0.05) is 24.3 Å². The second-order valence-electron chi connectivity index (χ2n) is 5.97. The first-order valence-electron chi connectivity index (χ1n) is 7.39. The summed E-state index contributed by atoms with van der Waals surface area (Å²) in [6.07, 6.45) is 6.58. The first-order chi connectivity index (χ1) is 9.24. The van der Waals surface area contributed by atoms with Crippen molar-refractivity contribution in [2.45, 2.75) is 32.1 Å². The van der Waals surface area contributed by atoms with Crippen LogP contribution in [-0.2, 0) is 0 Å². The predicted molar refractivity (Wildman–Crippen MR) is 76.8 cm³/mol. The molecule has 0 bridgehead atoms. The average Bonchev–Trinajstić information content (AvgIpc) is 2.47. The SMILES string of the molecule is Nc1ccc(C(=O)N2CCC3CCCCC3C2)cc1. The molecule has 102 valence electrons. The Labute approximate surface area is 114 Å². The van der Waals surface area contributed by atoms with E-state index in [0.717, 1.165) is 30.5 Å². The van der Waals surface area contributed by atoms with Gasteiger partial charge in [0.25, 0.3) is 5.91 Å². The van der Waals surface area contributed by atoms with E-state index < -0.39 is 0 Å². The summed E-state index contributed by atoms with van der Waals surface area (Å²) in [7, 11) is 0. The van der Waals surface area contributed by atoms with Crippen molar-refractivity contribution in [3.63, 3.8) is 0 Å². The zero-order chi connectivity index (χ0) is 13.2. The largest absolute Gasteiger partial charge is 0.399 e. The van der Waals surface area contributed by atoms with E-state index in [1.54, 1.807) is 12.1 Å². The third-order valence-corrected chi connectivity index (χ3v) is 4.74. The predicted octanol–water partition coefficient (Wildman–Crippen LogP) is 2.92. The number of nitrogen functional groups attached to an aromatic ring is 1. The van der Waals surface area contributed by atoms with Gasteiger partial charge in [-0.1, -0.05) is 19.3 Å². The molecule has 1 aromatic rings. The fourth-order valence-corrected chi connectivity index (χ4v) is 3.59. The molecule has 3 heteroatoms. The van der Waals surface area contributed by atoms with Gasteiger partial charge >= 0.3 is 0 Å². The molecule has 2 aliphatic rings. The van der Waals surface area contributed by atoms with Crippen LogP contribution in [0.25, 0.3) is 0 Å². The van der Waals surface area contributed by atoms with Crippen LogP contribution in [0.1, 0.15) is 42.5 Å². The first-order valence-corrected chi connectivity index (χ1v) is 7.39. The summed E-state index contributed by atoms with van der Waals surface area (Å²) in [5.41, 5.74) is 7.15. The summed E-state index contributed by atoms with van der Waals surface area (Å²) in [5, 5.41) is 0. The van der Waals surface area contributed by atoms with Gasteiger partial charge in [0.05, 0.1) is 0 Å². The van der Waals surface area contributed by atoms with Crippen molar-refractivity contribution in [3.8, 4) is 0 Å². The number of likely N-dealkylation sites (tertiary alicyclic amines) is 1. The zero-order valence-electron chi connectivity index (χ0n) is 11.3. The molecule has 1 amide bonds. The van der Waals surface area contributed by atoms with Crippen molar-refractivity contribution in [2.24, 2.45) is 11.8 Å². The topological polar surface area (TPSA) is 46.3 Å². The van der Waals surface area contributed by atoms with Crippen LogP contribution in [0.4, 0.5) is 5.69 Å². The molecule has 2 unspecified atom stereocenters. The van der Waals surface area contributed by atoms with Gasteiger partial charge in [-0.05, 0) is 48.9 Å². The van der Waals surface area contributed by atoms with Crippen molar-refractivity contribution >= 4 is 11.6 Å². The average molecular weight is 258 g/mol. The summed E-state index contributed by atoms with van der Waals surface area (Å²) in [4.78, 5) is 14.5. The van der Waals surface area contributed by atoms with E-state index in [1.165, 1.54) is 32.1 Å². The van der Waals surface area contributed by atoms with E-state index in [0.29, 0.717) is 5.69 Å². The number of carbonyl (C=O) groups excluding carboxylic acids is 1. The number of hydrogen-bond donors (Lipinski definition) is 1. The fraction of sp³-hybridized carbons (Fsp3) is 0.562. The van der Waals surface area contributed by atoms with Gasteiger partial charge in [0.2, 0.25) is 0 Å². The third-order valence-electron chi connectivity index (χ3n) is 4.74. The number of carbonyl (C=O) groups is 1. The van der Waals surface area contributed by atoms with Gasteiger partial charge in [0.15, 0.2) is 0 Å². The molecule has 2 N–H and O–H groups in total. The molecule has 2 atom stereocenters. The highest BCUT2D eigenvalue weighted by molar-refractivity contribution is 5.94. The Hall–Kier alpha value is -1.51. The number of nitrogens with two attached hydrogens (primary N) is 1. The van der Waals surface area contributed by atoms with Gasteiger partial charge in [0.1, 0.15) is 0 Å². The lowest BCUT2D eigenvalue weighted by atomic mass is 9.75. The van der Waals surface area contributed by atoms with Crippen LogP contribution in [0.15, 0.2) is 24.3 Å². The Bertz CT molecular complexity index is 454. The molecule has 0 aromatic heterocycles. The second kappa shape index (κ2) is 5.24. The number of benzene rings is 1. The second-order valence-corrected chi connectivity index (χ2v) is 5.97. The normalized spacial score (nSPS) is 26.8. The molecule has 2 fully saturated rings. The molecule has 1 saturated heterocycles. The van der Waals surface area contributed by atoms with Gasteiger partial charge < -0.3 is 10.6 Å². The van der Waals surface area contributed by atoms with Crippen LogP contribution in [0.3, 0.4) is 0 Å². The standard InChI is InChI=1S/C16H22N2O/c17-15-7-5-13(6-8-15)16(19)18-10-9-12-3-1-2-4-14(12)11-18/h5-8,12,14H,1-4,9-11,17H2. The number of piperidine rings is 1. The van der Waals surface area contributed by atoms with Crippen molar-refractivity contribution in [1.29, 1.82) is 0 Å². The molecule has 1 aliphatic heterocycles. The van der Waals surface area contributed by atoms with Crippen LogP contribution in [0, 0.1) is 11.8 Å². The minimum absolute atomic E-state index is 0.170. The Morgan fingerprint density at radius 3 is 2.47 bits per heavy atom. The maximum Gasteiger partial charge on any atom is 0.253 e. The zero-order valence-corrected chi connectivity index (χ0v) is 11.3. The molecule has 1 heterocycles. The van der Waals surface area contributed by atoms with Crippen LogP contribution < -0.4 is 5.73 Å². The van der Waals surface area contributed by atoms with Crippen molar-refractivity contribution in [2.75, 3.05) is 18.8 Å². The van der Waals surface area contributed by atoms with E-state index in [2.05, 4.69) is 0 Å². The quantitative estimate of drug-likeness (QED) is 0.787. The van der Waals surface area contributed by atoms with Gasteiger partial charge in [-0.25, -0.2) is 0 Å². The van der Waals surface area contributed by atoms with Crippen LogP contribution in [-0.4, -0.2) is 23.9 Å². The third kappa shape index (κ3) is 2.60. The smallest absolute Gasteiger partial charge is 0.253 e. The Morgan fingerprint density at radius 1 is 1.05 bits per heavy atom. The summed E-state index contributed by atoms with van der Waals surface area (Å²) in [5.74, 6) is 1.77. The van der Waals surface area contributed by atoms with Crippen LogP contribution in [0.2, 0.25) is 0 Å². The molecule has 1 aliphatic carbocycles. The number of nitrogens with zero attached hydrogens (tertiary/aromatic N) is 1. The van der Waals surface area contributed by atoms with Crippen molar-refractivity contribution in [3.05, 3.63) is 29.8 Å². The fourth-order valence-electron chi connectivity index (χ4n) is 3.59.